The second-order valence-electron chi connectivity index (χ2n) is 7.11. The van der Waals surface area contributed by atoms with Gasteiger partial charge in [0.05, 0.1) is 12.7 Å². The summed E-state index contributed by atoms with van der Waals surface area (Å²) in [5.74, 6) is -0.188. The molecule has 2 aromatic rings. The first-order valence-electron chi connectivity index (χ1n) is 9.20. The third-order valence-electron chi connectivity index (χ3n) is 5.43. The van der Waals surface area contributed by atoms with Gasteiger partial charge in [-0.05, 0) is 42.7 Å². The van der Waals surface area contributed by atoms with E-state index < -0.39 is 15.6 Å². The number of nitrogens with one attached hydrogen (secondary N) is 1. The molecule has 2 aromatic carbocycles. The number of hydrogen-bond acceptors (Lipinski definition) is 4. The Morgan fingerprint density at radius 3 is 2.38 bits per heavy atom. The van der Waals surface area contributed by atoms with Crippen molar-refractivity contribution in [3.63, 3.8) is 0 Å². The summed E-state index contributed by atoms with van der Waals surface area (Å²) < 4.78 is 43.2. The molecule has 29 heavy (non-hydrogen) atoms. The topological polar surface area (TPSA) is 102 Å². The summed E-state index contributed by atoms with van der Waals surface area (Å²) in [6.07, 6.45) is 0.891. The van der Waals surface area contributed by atoms with E-state index >= 15 is 0 Å². The number of nitrogens with zero attached hydrogens (tertiary/aromatic N) is 1. The average Bonchev–Trinajstić information content (AvgIpc) is 2.72. The SMILES string of the molecule is COc1ccccc1C(=O)NCC1(c2ccc(F)cc2)CCN(S(N)(=O)=O)CC1. The summed E-state index contributed by atoms with van der Waals surface area (Å²) in [6.45, 7) is 0.718. The first kappa shape index (κ1) is 21.2. The summed E-state index contributed by atoms with van der Waals surface area (Å²) >= 11 is 0. The molecule has 1 aliphatic heterocycles. The van der Waals surface area contributed by atoms with Crippen molar-refractivity contribution >= 4 is 16.1 Å². The van der Waals surface area contributed by atoms with Crippen molar-refractivity contribution in [3.8, 4) is 5.75 Å². The van der Waals surface area contributed by atoms with Gasteiger partial charge in [0, 0.05) is 25.0 Å². The lowest BCUT2D eigenvalue weighted by molar-refractivity contribution is 0.0930. The third kappa shape index (κ3) is 4.75. The van der Waals surface area contributed by atoms with Crippen molar-refractivity contribution in [2.24, 2.45) is 5.14 Å². The van der Waals surface area contributed by atoms with Crippen molar-refractivity contribution in [1.29, 1.82) is 0 Å². The molecule has 1 heterocycles. The lowest BCUT2D eigenvalue weighted by Gasteiger charge is -2.41. The summed E-state index contributed by atoms with van der Waals surface area (Å²) in [6, 6.07) is 13.0. The van der Waals surface area contributed by atoms with E-state index in [1.54, 1.807) is 36.4 Å². The molecule has 3 rings (SSSR count). The molecule has 0 atom stereocenters. The normalized spacial score (nSPS) is 16.9. The van der Waals surface area contributed by atoms with E-state index in [1.807, 2.05) is 0 Å². The van der Waals surface area contributed by atoms with Crippen LogP contribution >= 0.6 is 0 Å². The van der Waals surface area contributed by atoms with Gasteiger partial charge in [-0.3, -0.25) is 4.79 Å². The van der Waals surface area contributed by atoms with E-state index in [9.17, 15) is 17.6 Å². The second kappa shape index (κ2) is 8.48. The number of amides is 1. The molecule has 0 bridgehead atoms. The standard InChI is InChI=1S/C20H24FN3O4S/c1-28-18-5-3-2-4-17(18)19(25)23-14-20(15-6-8-16(21)9-7-15)10-12-24(13-11-20)29(22,26)27/h2-9H,10-14H2,1H3,(H,23,25)(H2,22,26,27). The Labute approximate surface area is 169 Å². The smallest absolute Gasteiger partial charge is 0.276 e. The fraction of sp³-hybridized carbons (Fsp3) is 0.350. The third-order valence-corrected chi connectivity index (χ3v) is 6.52. The van der Waals surface area contributed by atoms with E-state index in [0.29, 0.717) is 24.2 Å². The van der Waals surface area contributed by atoms with Gasteiger partial charge in [0.2, 0.25) is 0 Å². The Morgan fingerprint density at radius 1 is 1.17 bits per heavy atom. The number of para-hydroxylation sites is 1. The lowest BCUT2D eigenvalue weighted by Crippen LogP contribution is -2.51. The van der Waals surface area contributed by atoms with Crippen LogP contribution in [0.15, 0.2) is 48.5 Å². The molecule has 1 saturated heterocycles. The van der Waals surface area contributed by atoms with Crippen LogP contribution in [0.1, 0.15) is 28.8 Å². The van der Waals surface area contributed by atoms with E-state index in [0.717, 1.165) is 5.56 Å². The first-order valence-corrected chi connectivity index (χ1v) is 10.7. The first-order chi connectivity index (χ1) is 13.7. The highest BCUT2D eigenvalue weighted by molar-refractivity contribution is 7.86. The predicted molar refractivity (Wildman–Crippen MR) is 107 cm³/mol. The highest BCUT2D eigenvalue weighted by atomic mass is 32.2. The number of benzene rings is 2. The summed E-state index contributed by atoms with van der Waals surface area (Å²) in [4.78, 5) is 12.7. The van der Waals surface area contributed by atoms with Crippen LogP contribution in [-0.4, -0.2) is 45.4 Å². The van der Waals surface area contributed by atoms with Gasteiger partial charge < -0.3 is 10.1 Å². The fourth-order valence-electron chi connectivity index (χ4n) is 3.72. The summed E-state index contributed by atoms with van der Waals surface area (Å²) in [7, 11) is -2.28. The molecular weight excluding hydrogens is 397 g/mol. The highest BCUT2D eigenvalue weighted by Gasteiger charge is 2.39. The van der Waals surface area contributed by atoms with Crippen LogP contribution in [0.2, 0.25) is 0 Å². The van der Waals surface area contributed by atoms with E-state index in [1.165, 1.54) is 23.5 Å². The summed E-state index contributed by atoms with van der Waals surface area (Å²) in [5, 5.41) is 8.19. The van der Waals surface area contributed by atoms with Crippen LogP contribution in [0.3, 0.4) is 0 Å². The number of methoxy groups -OCH3 is 1. The van der Waals surface area contributed by atoms with Crippen molar-refractivity contribution < 1.29 is 22.3 Å². The maximum absolute atomic E-state index is 13.4. The molecule has 7 nitrogen and oxygen atoms in total. The molecule has 1 fully saturated rings. The summed E-state index contributed by atoms with van der Waals surface area (Å²) in [5.41, 5.74) is 0.714. The average molecular weight is 421 g/mol. The zero-order valence-corrected chi connectivity index (χ0v) is 16.9. The molecular formula is C20H24FN3O4S. The van der Waals surface area contributed by atoms with Gasteiger partial charge in [-0.15, -0.1) is 0 Å². The van der Waals surface area contributed by atoms with Gasteiger partial charge in [0.25, 0.3) is 16.1 Å². The Kier molecular flexibility index (Phi) is 6.21. The van der Waals surface area contributed by atoms with Crippen LogP contribution < -0.4 is 15.2 Å². The number of carbonyl (C=O) groups is 1. The minimum absolute atomic E-state index is 0.223. The minimum atomic E-state index is -3.78. The monoisotopic (exact) mass is 421 g/mol. The van der Waals surface area contributed by atoms with E-state index in [2.05, 4.69) is 5.32 Å². The quantitative estimate of drug-likeness (QED) is 0.743. The van der Waals surface area contributed by atoms with Crippen molar-refractivity contribution in [1.82, 2.24) is 9.62 Å². The fourth-order valence-corrected chi connectivity index (χ4v) is 4.41. The number of rotatable bonds is 6. The van der Waals surface area contributed by atoms with E-state index in [4.69, 9.17) is 9.88 Å². The van der Waals surface area contributed by atoms with Gasteiger partial charge in [-0.25, -0.2) is 9.53 Å². The number of halogens is 1. The predicted octanol–water partition coefficient (Wildman–Crippen LogP) is 1.80. The molecule has 1 amide bonds. The maximum atomic E-state index is 13.4. The van der Waals surface area contributed by atoms with Crippen molar-refractivity contribution in [3.05, 3.63) is 65.5 Å². The molecule has 1 aliphatic rings. The molecule has 156 valence electrons. The highest BCUT2D eigenvalue weighted by Crippen LogP contribution is 2.36. The lowest BCUT2D eigenvalue weighted by atomic mass is 9.73. The molecule has 0 aromatic heterocycles. The van der Waals surface area contributed by atoms with Gasteiger partial charge in [-0.1, -0.05) is 24.3 Å². The maximum Gasteiger partial charge on any atom is 0.276 e. The number of ether oxygens (including phenoxy) is 1. The largest absolute Gasteiger partial charge is 0.496 e. The van der Waals surface area contributed by atoms with Gasteiger partial charge in [0.1, 0.15) is 11.6 Å². The van der Waals surface area contributed by atoms with Gasteiger partial charge in [0.15, 0.2) is 0 Å². The van der Waals surface area contributed by atoms with Gasteiger partial charge >= 0.3 is 0 Å². The molecule has 0 saturated carbocycles. The Hall–Kier alpha value is -2.49. The van der Waals surface area contributed by atoms with Crippen molar-refractivity contribution in [2.75, 3.05) is 26.7 Å². The molecule has 0 spiro atoms. The van der Waals surface area contributed by atoms with Crippen LogP contribution in [-0.2, 0) is 15.6 Å². The molecule has 3 N–H and O–H groups in total. The van der Waals surface area contributed by atoms with Crippen LogP contribution in [0.25, 0.3) is 0 Å². The van der Waals surface area contributed by atoms with E-state index in [-0.39, 0.29) is 31.4 Å². The minimum Gasteiger partial charge on any atom is -0.496 e. The molecule has 0 unspecified atom stereocenters. The number of carbonyl (C=O) groups excluding carboxylic acids is 1. The second-order valence-corrected chi connectivity index (χ2v) is 8.66. The van der Waals surface area contributed by atoms with Crippen LogP contribution in [0.5, 0.6) is 5.75 Å². The van der Waals surface area contributed by atoms with Crippen LogP contribution in [0.4, 0.5) is 4.39 Å². The zero-order valence-electron chi connectivity index (χ0n) is 16.1. The number of hydrogen-bond donors (Lipinski definition) is 2. The Bertz CT molecular complexity index is 971. The Balaban J connectivity index is 1.83. The molecule has 9 heteroatoms. The molecule has 0 radical (unpaired) electrons. The number of piperidine rings is 1. The zero-order chi connectivity index (χ0) is 21.1. The van der Waals surface area contributed by atoms with Gasteiger partial charge in [-0.2, -0.15) is 12.7 Å². The molecule has 0 aliphatic carbocycles. The Morgan fingerprint density at radius 2 is 1.79 bits per heavy atom. The van der Waals surface area contributed by atoms with Crippen LogP contribution in [0, 0.1) is 5.82 Å². The van der Waals surface area contributed by atoms with Crippen molar-refractivity contribution in [2.45, 2.75) is 18.3 Å². The number of nitrogens with two attached hydrogens (primary N) is 1.